The number of aromatic amines is 1. The monoisotopic (exact) mass is 382 g/mol. The zero-order valence-electron chi connectivity index (χ0n) is 15.1. The standard InChI is InChI=1S/C18H24ClFN4O2/c1-18(2,11-4-6-24(7-5-11)17(26)21-3)16(25)13-14(20)12(19)8-10-9-22-23-15(10)13/h8-9,11,16,25H,4-7H2,1-3H3,(H,21,26)(H,22,23)/t16-/m1/s1. The van der Waals surface area contributed by atoms with Crippen LogP contribution in [0.25, 0.3) is 10.9 Å². The summed E-state index contributed by atoms with van der Waals surface area (Å²) in [6.07, 6.45) is 1.99. The predicted molar refractivity (Wildman–Crippen MR) is 98.6 cm³/mol. The van der Waals surface area contributed by atoms with Crippen molar-refractivity contribution in [1.29, 1.82) is 0 Å². The van der Waals surface area contributed by atoms with Gasteiger partial charge in [-0.3, -0.25) is 5.10 Å². The van der Waals surface area contributed by atoms with Crippen LogP contribution in [0.15, 0.2) is 12.3 Å². The summed E-state index contributed by atoms with van der Waals surface area (Å²) in [6.45, 7) is 5.08. The van der Waals surface area contributed by atoms with Gasteiger partial charge in [0.1, 0.15) is 5.82 Å². The number of nitrogens with one attached hydrogen (secondary N) is 2. The van der Waals surface area contributed by atoms with Gasteiger partial charge in [0.2, 0.25) is 0 Å². The lowest BCUT2D eigenvalue weighted by atomic mass is 9.68. The number of carbonyl (C=O) groups is 1. The largest absolute Gasteiger partial charge is 0.388 e. The van der Waals surface area contributed by atoms with Crippen molar-refractivity contribution in [2.45, 2.75) is 32.8 Å². The van der Waals surface area contributed by atoms with E-state index in [0.29, 0.717) is 24.0 Å². The minimum atomic E-state index is -1.05. The Morgan fingerprint density at radius 1 is 1.50 bits per heavy atom. The summed E-state index contributed by atoms with van der Waals surface area (Å²) in [6, 6.07) is 1.41. The van der Waals surface area contributed by atoms with E-state index in [9.17, 15) is 14.3 Å². The molecule has 1 aromatic carbocycles. The van der Waals surface area contributed by atoms with Crippen molar-refractivity contribution in [3.8, 4) is 0 Å². The summed E-state index contributed by atoms with van der Waals surface area (Å²) in [5.41, 5.74) is 0.0252. The Labute approximate surface area is 156 Å². The Hall–Kier alpha value is -1.86. The first kappa shape index (κ1) is 18.9. The highest BCUT2D eigenvalue weighted by Crippen LogP contribution is 2.47. The van der Waals surface area contributed by atoms with Gasteiger partial charge in [-0.25, -0.2) is 9.18 Å². The van der Waals surface area contributed by atoms with Crippen molar-refractivity contribution < 1.29 is 14.3 Å². The second kappa shape index (κ2) is 7.04. The summed E-state index contributed by atoms with van der Waals surface area (Å²) in [4.78, 5) is 13.5. The SMILES string of the molecule is CNC(=O)N1CCC(C(C)(C)[C@H](O)c2c(F)c(Cl)cc3cn[nH]c23)CC1. The Balaban J connectivity index is 1.88. The van der Waals surface area contributed by atoms with Gasteiger partial charge in [-0.1, -0.05) is 25.4 Å². The van der Waals surface area contributed by atoms with Crippen LogP contribution in [0.5, 0.6) is 0 Å². The third-order valence-corrected chi connectivity index (χ3v) is 5.97. The number of aromatic nitrogens is 2. The fraction of sp³-hybridized carbons (Fsp3) is 0.556. The molecule has 8 heteroatoms. The van der Waals surface area contributed by atoms with E-state index in [-0.39, 0.29) is 22.5 Å². The topological polar surface area (TPSA) is 81.2 Å². The van der Waals surface area contributed by atoms with Crippen LogP contribution in [0.2, 0.25) is 5.02 Å². The van der Waals surface area contributed by atoms with Crippen LogP contribution in [0, 0.1) is 17.2 Å². The van der Waals surface area contributed by atoms with Crippen LogP contribution in [-0.4, -0.2) is 46.4 Å². The molecule has 0 spiro atoms. The molecule has 2 aromatic rings. The molecule has 0 unspecified atom stereocenters. The van der Waals surface area contributed by atoms with Crippen LogP contribution in [-0.2, 0) is 0 Å². The summed E-state index contributed by atoms with van der Waals surface area (Å²) in [7, 11) is 1.61. The lowest BCUT2D eigenvalue weighted by Gasteiger charge is -2.43. The smallest absolute Gasteiger partial charge is 0.317 e. The molecule has 6 nitrogen and oxygen atoms in total. The van der Waals surface area contributed by atoms with Gasteiger partial charge in [0.15, 0.2) is 0 Å². The van der Waals surface area contributed by atoms with E-state index in [1.165, 1.54) is 6.07 Å². The van der Waals surface area contributed by atoms with Crippen molar-refractivity contribution in [2.75, 3.05) is 20.1 Å². The van der Waals surface area contributed by atoms with Gasteiger partial charge in [-0.05, 0) is 30.2 Å². The van der Waals surface area contributed by atoms with E-state index in [1.54, 1.807) is 18.1 Å². The lowest BCUT2D eigenvalue weighted by Crippen LogP contribution is -2.46. The minimum absolute atomic E-state index is 0.0295. The van der Waals surface area contributed by atoms with Gasteiger partial charge >= 0.3 is 6.03 Å². The number of carbonyl (C=O) groups excluding carboxylic acids is 1. The second-order valence-corrected chi connectivity index (χ2v) is 7.87. The normalized spacial score (nSPS) is 17.5. The van der Waals surface area contributed by atoms with E-state index in [0.717, 1.165) is 12.8 Å². The molecule has 1 atom stereocenters. The van der Waals surface area contributed by atoms with Crippen molar-refractivity contribution in [3.05, 3.63) is 28.7 Å². The van der Waals surface area contributed by atoms with Gasteiger partial charge in [-0.2, -0.15) is 5.10 Å². The number of benzene rings is 1. The Bertz CT molecular complexity index is 815. The first-order chi connectivity index (χ1) is 12.3. The van der Waals surface area contributed by atoms with E-state index < -0.39 is 17.3 Å². The molecular formula is C18H24ClFN4O2. The van der Waals surface area contributed by atoms with Gasteiger partial charge in [0.25, 0.3) is 0 Å². The van der Waals surface area contributed by atoms with Crippen molar-refractivity contribution in [1.82, 2.24) is 20.4 Å². The number of likely N-dealkylation sites (tertiary alicyclic amines) is 1. The number of rotatable bonds is 3. The van der Waals surface area contributed by atoms with Gasteiger partial charge in [-0.15, -0.1) is 0 Å². The molecule has 3 N–H and O–H groups in total. The fourth-order valence-electron chi connectivity index (χ4n) is 3.90. The molecular weight excluding hydrogens is 359 g/mol. The summed E-state index contributed by atoms with van der Waals surface area (Å²) in [5, 5.41) is 21.1. The Morgan fingerprint density at radius 3 is 2.77 bits per heavy atom. The Morgan fingerprint density at radius 2 is 2.15 bits per heavy atom. The first-order valence-corrected chi connectivity index (χ1v) is 9.10. The molecule has 2 amide bonds. The molecule has 0 saturated carbocycles. The molecule has 1 fully saturated rings. The first-order valence-electron chi connectivity index (χ1n) is 8.73. The number of hydrogen-bond donors (Lipinski definition) is 3. The number of aliphatic hydroxyl groups is 1. The molecule has 142 valence electrons. The predicted octanol–water partition coefficient (Wildman–Crippen LogP) is 3.47. The van der Waals surface area contributed by atoms with E-state index in [4.69, 9.17) is 11.6 Å². The summed E-state index contributed by atoms with van der Waals surface area (Å²) >= 11 is 6.02. The van der Waals surface area contributed by atoms with Gasteiger partial charge in [0, 0.05) is 31.1 Å². The molecule has 1 saturated heterocycles. The van der Waals surface area contributed by atoms with Crippen LogP contribution in [0.4, 0.5) is 9.18 Å². The second-order valence-electron chi connectivity index (χ2n) is 7.46. The number of amides is 2. The average molecular weight is 383 g/mol. The number of aliphatic hydroxyl groups excluding tert-OH is 1. The van der Waals surface area contributed by atoms with E-state index in [2.05, 4.69) is 15.5 Å². The fourth-order valence-corrected chi connectivity index (χ4v) is 4.11. The zero-order chi connectivity index (χ0) is 19.1. The molecule has 26 heavy (non-hydrogen) atoms. The maximum absolute atomic E-state index is 14.8. The van der Waals surface area contributed by atoms with Gasteiger partial charge < -0.3 is 15.3 Å². The van der Waals surface area contributed by atoms with Crippen LogP contribution in [0.3, 0.4) is 0 Å². The number of piperidine rings is 1. The molecule has 0 bridgehead atoms. The average Bonchev–Trinajstić information content (AvgIpc) is 3.09. The number of urea groups is 1. The Kier molecular flexibility index (Phi) is 5.12. The third kappa shape index (κ3) is 3.14. The summed E-state index contributed by atoms with van der Waals surface area (Å²) < 4.78 is 14.8. The van der Waals surface area contributed by atoms with Crippen molar-refractivity contribution >= 4 is 28.5 Å². The molecule has 2 heterocycles. The summed E-state index contributed by atoms with van der Waals surface area (Å²) in [5.74, 6) is -0.485. The highest BCUT2D eigenvalue weighted by molar-refractivity contribution is 6.31. The molecule has 3 rings (SSSR count). The maximum Gasteiger partial charge on any atom is 0.317 e. The van der Waals surface area contributed by atoms with E-state index in [1.807, 2.05) is 13.8 Å². The van der Waals surface area contributed by atoms with E-state index >= 15 is 0 Å². The third-order valence-electron chi connectivity index (χ3n) is 5.69. The molecule has 1 aliphatic rings. The van der Waals surface area contributed by atoms with Crippen molar-refractivity contribution in [3.63, 3.8) is 0 Å². The van der Waals surface area contributed by atoms with Crippen LogP contribution < -0.4 is 5.32 Å². The molecule has 1 aliphatic heterocycles. The molecule has 0 radical (unpaired) electrons. The molecule has 1 aromatic heterocycles. The number of hydrogen-bond acceptors (Lipinski definition) is 3. The van der Waals surface area contributed by atoms with Crippen LogP contribution >= 0.6 is 11.6 Å². The maximum atomic E-state index is 14.8. The number of halogens is 2. The number of nitrogens with zero attached hydrogens (tertiary/aromatic N) is 2. The minimum Gasteiger partial charge on any atom is -0.388 e. The van der Waals surface area contributed by atoms with Crippen molar-refractivity contribution in [2.24, 2.45) is 11.3 Å². The molecule has 0 aliphatic carbocycles. The van der Waals surface area contributed by atoms with Crippen LogP contribution in [0.1, 0.15) is 38.4 Å². The highest BCUT2D eigenvalue weighted by atomic mass is 35.5. The lowest BCUT2D eigenvalue weighted by molar-refractivity contribution is -0.0161. The number of fused-ring (bicyclic) bond motifs is 1. The van der Waals surface area contributed by atoms with Gasteiger partial charge in [0.05, 0.1) is 22.8 Å². The quantitative estimate of drug-likeness (QED) is 0.760. The zero-order valence-corrected chi connectivity index (χ0v) is 15.9. The highest BCUT2D eigenvalue weighted by Gasteiger charge is 2.41. The number of H-pyrrole nitrogens is 1.